The van der Waals surface area contributed by atoms with Crippen LogP contribution >= 0.6 is 0 Å². The van der Waals surface area contributed by atoms with E-state index in [1.54, 1.807) is 7.11 Å². The van der Waals surface area contributed by atoms with Crippen molar-refractivity contribution >= 4 is 6.03 Å². The van der Waals surface area contributed by atoms with Crippen molar-refractivity contribution in [2.45, 2.75) is 20.4 Å². The van der Waals surface area contributed by atoms with Crippen molar-refractivity contribution in [2.75, 3.05) is 39.8 Å². The Bertz CT molecular complexity index is 482. The molecular weight excluding hydrogens is 266 g/mol. The van der Waals surface area contributed by atoms with Crippen LogP contribution < -0.4 is 10.1 Å². The predicted octanol–water partition coefficient (Wildman–Crippen LogP) is 1.85. The number of benzene rings is 1. The molecule has 1 aliphatic heterocycles. The Morgan fingerprint density at radius 2 is 2.00 bits per heavy atom. The molecule has 1 aliphatic rings. The number of carbonyl (C=O) groups is 1. The number of hydrogen-bond acceptors (Lipinski definition) is 3. The lowest BCUT2D eigenvalue weighted by Gasteiger charge is -2.34. The summed E-state index contributed by atoms with van der Waals surface area (Å²) < 4.78 is 5.24. The van der Waals surface area contributed by atoms with Gasteiger partial charge in [-0.05, 0) is 30.7 Å². The number of ether oxygens (including phenoxy) is 1. The van der Waals surface area contributed by atoms with Crippen LogP contribution in [0.15, 0.2) is 18.2 Å². The minimum Gasteiger partial charge on any atom is -0.496 e. The van der Waals surface area contributed by atoms with Gasteiger partial charge < -0.3 is 19.9 Å². The molecule has 1 saturated heterocycles. The smallest absolute Gasteiger partial charge is 0.317 e. The van der Waals surface area contributed by atoms with Crippen molar-refractivity contribution < 1.29 is 9.53 Å². The summed E-state index contributed by atoms with van der Waals surface area (Å²) in [6, 6.07) is 6.01. The number of methoxy groups -OCH3 is 1. The highest BCUT2D eigenvalue weighted by Gasteiger charge is 2.19. The fourth-order valence-electron chi connectivity index (χ4n) is 2.61. The first-order chi connectivity index (χ1) is 10.1. The second kappa shape index (κ2) is 7.31. The van der Waals surface area contributed by atoms with Gasteiger partial charge >= 0.3 is 6.03 Å². The largest absolute Gasteiger partial charge is 0.496 e. The molecule has 1 aromatic carbocycles. The monoisotopic (exact) mass is 291 g/mol. The zero-order valence-corrected chi connectivity index (χ0v) is 13.2. The molecule has 0 aromatic heterocycles. The maximum absolute atomic E-state index is 12.1. The van der Waals surface area contributed by atoms with E-state index in [9.17, 15) is 4.79 Å². The molecule has 1 heterocycles. The van der Waals surface area contributed by atoms with E-state index < -0.39 is 0 Å². The quantitative estimate of drug-likeness (QED) is 0.921. The summed E-state index contributed by atoms with van der Waals surface area (Å²) in [5, 5.41) is 2.99. The van der Waals surface area contributed by atoms with Crippen molar-refractivity contribution in [3.8, 4) is 5.75 Å². The standard InChI is InChI=1S/C16H25N3O2/c1-4-18-7-9-19(10-8-18)16(20)17-12-14-5-6-15(21-3)13(2)11-14/h5-6,11H,4,7-10,12H2,1-3H3,(H,17,20). The van der Waals surface area contributed by atoms with E-state index in [1.807, 2.05) is 30.0 Å². The number of rotatable bonds is 4. The highest BCUT2D eigenvalue weighted by Crippen LogP contribution is 2.18. The predicted molar refractivity (Wildman–Crippen MR) is 83.7 cm³/mol. The topological polar surface area (TPSA) is 44.8 Å². The molecule has 1 aromatic rings. The van der Waals surface area contributed by atoms with Crippen LogP contribution in [0, 0.1) is 6.92 Å². The van der Waals surface area contributed by atoms with E-state index in [4.69, 9.17) is 4.74 Å². The molecule has 0 bridgehead atoms. The van der Waals surface area contributed by atoms with Crippen LogP contribution in [0.5, 0.6) is 5.75 Å². The molecule has 5 heteroatoms. The number of urea groups is 1. The van der Waals surface area contributed by atoms with Gasteiger partial charge in [-0.3, -0.25) is 0 Å². The second-order valence-corrected chi connectivity index (χ2v) is 5.38. The van der Waals surface area contributed by atoms with E-state index in [0.29, 0.717) is 6.54 Å². The molecule has 0 saturated carbocycles. The number of carbonyl (C=O) groups excluding carboxylic acids is 1. The van der Waals surface area contributed by atoms with E-state index in [0.717, 1.165) is 49.6 Å². The molecule has 5 nitrogen and oxygen atoms in total. The van der Waals surface area contributed by atoms with Crippen molar-refractivity contribution in [3.63, 3.8) is 0 Å². The van der Waals surface area contributed by atoms with Crippen LogP contribution in [0.4, 0.5) is 4.79 Å². The Hall–Kier alpha value is -1.75. The SMILES string of the molecule is CCN1CCN(C(=O)NCc2ccc(OC)c(C)c2)CC1. The van der Waals surface area contributed by atoms with Crippen LogP contribution in [0.1, 0.15) is 18.1 Å². The lowest BCUT2D eigenvalue weighted by molar-refractivity contribution is 0.142. The van der Waals surface area contributed by atoms with Gasteiger partial charge in [-0.25, -0.2) is 4.79 Å². The van der Waals surface area contributed by atoms with Crippen LogP contribution in [0.3, 0.4) is 0 Å². The molecule has 1 fully saturated rings. The number of nitrogens with zero attached hydrogens (tertiary/aromatic N) is 2. The first kappa shape index (κ1) is 15.6. The van der Waals surface area contributed by atoms with E-state index in [-0.39, 0.29) is 6.03 Å². The molecule has 0 atom stereocenters. The zero-order valence-electron chi connectivity index (χ0n) is 13.2. The lowest BCUT2D eigenvalue weighted by Crippen LogP contribution is -2.51. The first-order valence-corrected chi connectivity index (χ1v) is 7.52. The number of piperazine rings is 1. The molecule has 0 radical (unpaired) electrons. The Kier molecular flexibility index (Phi) is 5.44. The van der Waals surface area contributed by atoms with Gasteiger partial charge in [0.05, 0.1) is 7.11 Å². The second-order valence-electron chi connectivity index (χ2n) is 5.38. The maximum atomic E-state index is 12.1. The number of hydrogen-bond donors (Lipinski definition) is 1. The van der Waals surface area contributed by atoms with E-state index in [1.165, 1.54) is 0 Å². The Morgan fingerprint density at radius 3 is 2.57 bits per heavy atom. The molecule has 0 unspecified atom stereocenters. The highest BCUT2D eigenvalue weighted by molar-refractivity contribution is 5.74. The summed E-state index contributed by atoms with van der Waals surface area (Å²) in [5.74, 6) is 0.876. The minimum absolute atomic E-state index is 0.0271. The summed E-state index contributed by atoms with van der Waals surface area (Å²) >= 11 is 0. The molecule has 21 heavy (non-hydrogen) atoms. The Labute approximate surface area is 126 Å². The van der Waals surface area contributed by atoms with Crippen molar-refractivity contribution in [2.24, 2.45) is 0 Å². The van der Waals surface area contributed by atoms with Crippen LogP contribution in [-0.4, -0.2) is 55.7 Å². The number of likely N-dealkylation sites (N-methyl/N-ethyl adjacent to an activating group) is 1. The van der Waals surface area contributed by atoms with E-state index in [2.05, 4.69) is 17.1 Å². The highest BCUT2D eigenvalue weighted by atomic mass is 16.5. The molecule has 2 amide bonds. The third kappa shape index (κ3) is 4.11. The van der Waals surface area contributed by atoms with Gasteiger partial charge in [0.2, 0.25) is 0 Å². The van der Waals surface area contributed by atoms with Gasteiger partial charge in [-0.15, -0.1) is 0 Å². The number of nitrogens with one attached hydrogen (secondary N) is 1. The average molecular weight is 291 g/mol. The molecular formula is C16H25N3O2. The molecule has 1 N–H and O–H groups in total. The van der Waals surface area contributed by atoms with Crippen LogP contribution in [-0.2, 0) is 6.54 Å². The Morgan fingerprint density at radius 1 is 1.29 bits per heavy atom. The summed E-state index contributed by atoms with van der Waals surface area (Å²) in [6.45, 7) is 9.31. The number of aryl methyl sites for hydroxylation is 1. The fourth-order valence-corrected chi connectivity index (χ4v) is 2.61. The molecule has 2 rings (SSSR count). The minimum atomic E-state index is 0.0271. The van der Waals surface area contributed by atoms with Gasteiger partial charge in [0.15, 0.2) is 0 Å². The summed E-state index contributed by atoms with van der Waals surface area (Å²) in [7, 11) is 1.67. The van der Waals surface area contributed by atoms with Crippen molar-refractivity contribution in [1.82, 2.24) is 15.1 Å². The van der Waals surface area contributed by atoms with E-state index >= 15 is 0 Å². The average Bonchev–Trinajstić information content (AvgIpc) is 2.52. The van der Waals surface area contributed by atoms with Gasteiger partial charge in [0.1, 0.15) is 5.75 Å². The van der Waals surface area contributed by atoms with Crippen molar-refractivity contribution in [1.29, 1.82) is 0 Å². The maximum Gasteiger partial charge on any atom is 0.317 e. The first-order valence-electron chi connectivity index (χ1n) is 7.52. The summed E-state index contributed by atoms with van der Waals surface area (Å²) in [4.78, 5) is 16.4. The third-order valence-electron chi connectivity index (χ3n) is 4.01. The molecule has 116 valence electrons. The van der Waals surface area contributed by atoms with Gasteiger partial charge in [0, 0.05) is 32.7 Å². The lowest BCUT2D eigenvalue weighted by atomic mass is 10.1. The van der Waals surface area contributed by atoms with Gasteiger partial charge in [0.25, 0.3) is 0 Å². The van der Waals surface area contributed by atoms with Crippen molar-refractivity contribution in [3.05, 3.63) is 29.3 Å². The van der Waals surface area contributed by atoms with Crippen LogP contribution in [0.2, 0.25) is 0 Å². The van der Waals surface area contributed by atoms with Crippen LogP contribution in [0.25, 0.3) is 0 Å². The number of amides is 2. The molecule has 0 spiro atoms. The van der Waals surface area contributed by atoms with Gasteiger partial charge in [-0.1, -0.05) is 19.1 Å². The zero-order chi connectivity index (χ0) is 15.2. The third-order valence-corrected chi connectivity index (χ3v) is 4.01. The fraction of sp³-hybridized carbons (Fsp3) is 0.562. The Balaban J connectivity index is 1.83. The van der Waals surface area contributed by atoms with Gasteiger partial charge in [-0.2, -0.15) is 0 Å². The molecule has 0 aliphatic carbocycles. The normalized spacial score (nSPS) is 15.9. The summed E-state index contributed by atoms with van der Waals surface area (Å²) in [5.41, 5.74) is 2.18. The summed E-state index contributed by atoms with van der Waals surface area (Å²) in [6.07, 6.45) is 0.